The molecule has 0 aliphatic rings. The third-order valence-electron chi connectivity index (χ3n) is 16.8. The van der Waals surface area contributed by atoms with E-state index in [4.69, 9.17) is 56.8 Å². The fraction of sp³-hybridized carbons (Fsp3) is 0.296. The highest BCUT2D eigenvalue weighted by molar-refractivity contribution is 5.70. The number of aliphatic carboxylic acids is 3. The Hall–Kier alpha value is -11.0. The van der Waals surface area contributed by atoms with Crippen LogP contribution in [0.5, 0.6) is 69.0 Å². The maximum Gasteiger partial charge on any atom is 0.341 e. The number of benzene rings is 9. The maximum atomic E-state index is 12.4. The molecule has 0 fully saturated rings. The van der Waals surface area contributed by atoms with E-state index in [2.05, 4.69) is 36.4 Å². The van der Waals surface area contributed by atoms with Gasteiger partial charge in [0.25, 0.3) is 0 Å². The number of aryl methyl sites for hydroxylation is 4. The number of hydrogen-bond donors (Lipinski definition) is 3. The first-order valence-corrected chi connectivity index (χ1v) is 32.8. The Morgan fingerprint density at radius 2 is 0.545 bits per heavy atom. The van der Waals surface area contributed by atoms with E-state index < -0.39 is 37.7 Å². The Bertz CT molecular complexity index is 4150. The van der Waals surface area contributed by atoms with Gasteiger partial charge in [-0.3, -0.25) is 0 Å². The van der Waals surface area contributed by atoms with Crippen molar-refractivity contribution in [2.45, 2.75) is 77.6 Å². The predicted octanol–water partition coefficient (Wildman–Crippen LogP) is 14.4. The monoisotopic (exact) mass is 1350 g/mol. The van der Waals surface area contributed by atoms with E-state index in [0.29, 0.717) is 129 Å². The number of carboxylic acid groups (broad SMARTS) is 3. The van der Waals surface area contributed by atoms with Crippen LogP contribution in [-0.4, -0.2) is 116 Å². The molecule has 0 unspecified atom stereocenters. The number of hydrogen-bond acceptors (Lipinski definition) is 15. The highest BCUT2D eigenvalue weighted by Crippen LogP contribution is 2.42. The molecule has 0 heterocycles. The second-order valence-electron chi connectivity index (χ2n) is 23.7. The van der Waals surface area contributed by atoms with Crippen LogP contribution in [0.15, 0.2) is 170 Å². The maximum absolute atomic E-state index is 12.4. The van der Waals surface area contributed by atoms with Crippen LogP contribution < -0.4 is 56.8 Å². The van der Waals surface area contributed by atoms with Gasteiger partial charge in [-0.25, -0.2) is 14.4 Å². The van der Waals surface area contributed by atoms with Crippen molar-refractivity contribution < 1.29 is 86.5 Å². The zero-order valence-electron chi connectivity index (χ0n) is 57.2. The molecule has 0 atom stereocenters. The van der Waals surface area contributed by atoms with E-state index >= 15 is 0 Å². The Morgan fingerprint density at radius 3 is 0.859 bits per heavy atom. The predicted molar refractivity (Wildman–Crippen MR) is 377 cm³/mol. The number of methoxy groups -OCH3 is 6. The standard InChI is InChI=1S/C81H86O18/c1-53-34-70(89-3)58(41-69(53)94-31-17-26-54-20-11-8-12-21-54)36-65-44-73(92-6)61(48-77(65)98-51-80(84)85)38-64-43-72(91-5)60(47-76(64)96-33-19-28-56-24-15-10-16-25-56)39-66-45-74(93-7)62(49-78(66)99-52-81(86)87)37-63-42-71(90-4)59(46-75(63)95-32-18-27-55-22-13-9-14-23-55)35-57-40-67(88-2)29-30-68(57)97-50-79(82)83/h8-16,20-25,29-30,34,40-49H,17-19,26-28,31-33,35-39,50-52H2,1-7H3,(H,82,83)(H,84,85)(H,86,87). The van der Waals surface area contributed by atoms with Gasteiger partial charge in [-0.15, -0.1) is 0 Å². The van der Waals surface area contributed by atoms with Crippen LogP contribution in [0, 0.1) is 6.92 Å². The van der Waals surface area contributed by atoms with Crippen molar-refractivity contribution >= 4 is 17.9 Å². The van der Waals surface area contributed by atoms with E-state index in [1.165, 1.54) is 11.1 Å². The van der Waals surface area contributed by atoms with Crippen LogP contribution >= 0.6 is 0 Å². The molecule has 9 aromatic rings. The van der Waals surface area contributed by atoms with Crippen LogP contribution in [0.4, 0.5) is 0 Å². The largest absolute Gasteiger partial charge is 0.497 e. The average Bonchev–Trinajstić information content (AvgIpc) is 0.802. The summed E-state index contributed by atoms with van der Waals surface area (Å²) < 4.78 is 73.9. The SMILES string of the molecule is COc1ccc(OCC(=O)O)c(Cc2cc(OCCCc3ccccc3)c(Cc3cc(OCC(=O)O)c(Cc4cc(OCCCc5ccccc5)c(Cc5cc(OCC(=O)O)c(Cc6cc(OCCCc7ccccc7)c(C)cc6OC)cc5OC)cc4OC)cc3OC)cc2OC)c1. The molecule has 0 bridgehead atoms. The van der Waals surface area contributed by atoms with Crippen molar-refractivity contribution in [3.8, 4) is 69.0 Å². The van der Waals surface area contributed by atoms with Gasteiger partial charge in [-0.2, -0.15) is 0 Å². The van der Waals surface area contributed by atoms with Crippen molar-refractivity contribution in [3.63, 3.8) is 0 Å². The number of ether oxygens (including phenoxy) is 12. The highest BCUT2D eigenvalue weighted by Gasteiger charge is 2.24. The molecule has 0 saturated carbocycles. The summed E-state index contributed by atoms with van der Waals surface area (Å²) in [6.07, 6.45) is 5.79. The molecule has 0 aliphatic heterocycles. The molecule has 18 heteroatoms. The first-order chi connectivity index (χ1) is 48.1. The van der Waals surface area contributed by atoms with Crippen LogP contribution in [0.3, 0.4) is 0 Å². The lowest BCUT2D eigenvalue weighted by atomic mass is 9.93. The molecule has 518 valence electrons. The zero-order valence-corrected chi connectivity index (χ0v) is 57.2. The quantitative estimate of drug-likeness (QED) is 0.0304. The Kier molecular flexibility index (Phi) is 26.5. The van der Waals surface area contributed by atoms with E-state index in [-0.39, 0.29) is 37.9 Å². The molecule has 0 saturated heterocycles. The average molecular weight is 1350 g/mol. The highest BCUT2D eigenvalue weighted by atomic mass is 16.5. The first kappa shape index (κ1) is 72.3. The minimum absolute atomic E-state index is 0.171. The van der Waals surface area contributed by atoms with Crippen molar-refractivity contribution in [2.75, 3.05) is 82.3 Å². The van der Waals surface area contributed by atoms with Crippen LogP contribution in [0.25, 0.3) is 0 Å². The molecule has 0 spiro atoms. The summed E-state index contributed by atoms with van der Waals surface area (Å²) in [5.74, 6) is 2.56. The summed E-state index contributed by atoms with van der Waals surface area (Å²) in [5.41, 5.74) is 11.4. The summed E-state index contributed by atoms with van der Waals surface area (Å²) in [5, 5.41) is 29.5. The Labute approximate surface area is 578 Å². The third kappa shape index (κ3) is 20.8. The van der Waals surface area contributed by atoms with E-state index in [1.54, 1.807) is 66.9 Å². The van der Waals surface area contributed by atoms with Crippen LogP contribution in [0.2, 0.25) is 0 Å². The molecule has 3 N–H and O–H groups in total. The van der Waals surface area contributed by atoms with Gasteiger partial charge >= 0.3 is 17.9 Å². The van der Waals surface area contributed by atoms with Gasteiger partial charge < -0.3 is 72.2 Å². The van der Waals surface area contributed by atoms with Gasteiger partial charge in [-0.1, -0.05) is 91.0 Å². The van der Waals surface area contributed by atoms with Crippen molar-refractivity contribution in [2.24, 2.45) is 0 Å². The molecule has 9 aromatic carbocycles. The normalized spacial score (nSPS) is 10.9. The summed E-state index contributed by atoms with van der Waals surface area (Å²) in [4.78, 5) is 36.2. The van der Waals surface area contributed by atoms with E-state index in [1.807, 2.05) is 116 Å². The number of carboxylic acids is 3. The number of carbonyl (C=O) groups is 3. The molecule has 0 amide bonds. The summed E-state index contributed by atoms with van der Waals surface area (Å²) in [6.45, 7) is 1.40. The summed E-state index contributed by atoms with van der Waals surface area (Å²) in [6, 6.07) is 54.6. The molecule has 0 aromatic heterocycles. The smallest absolute Gasteiger partial charge is 0.341 e. The molecule has 0 radical (unpaired) electrons. The van der Waals surface area contributed by atoms with Crippen molar-refractivity contribution in [3.05, 3.63) is 248 Å². The number of rotatable bonds is 40. The molecule has 9 rings (SSSR count). The van der Waals surface area contributed by atoms with Gasteiger partial charge in [0.2, 0.25) is 0 Å². The molecular formula is C81H86O18. The molecule has 18 nitrogen and oxygen atoms in total. The topological polar surface area (TPSA) is 223 Å². The summed E-state index contributed by atoms with van der Waals surface area (Å²) >= 11 is 0. The fourth-order valence-electron chi connectivity index (χ4n) is 11.9. The Morgan fingerprint density at radius 1 is 0.283 bits per heavy atom. The fourth-order valence-corrected chi connectivity index (χ4v) is 11.9. The van der Waals surface area contributed by atoms with E-state index in [0.717, 1.165) is 59.1 Å². The lowest BCUT2D eigenvalue weighted by molar-refractivity contribution is -0.140. The second kappa shape index (κ2) is 36.4. The van der Waals surface area contributed by atoms with E-state index in [9.17, 15) is 29.7 Å². The third-order valence-corrected chi connectivity index (χ3v) is 16.8. The van der Waals surface area contributed by atoms with Crippen molar-refractivity contribution in [1.29, 1.82) is 0 Å². The molecular weight excluding hydrogens is 1260 g/mol. The lowest BCUT2D eigenvalue weighted by Crippen LogP contribution is -2.12. The summed E-state index contributed by atoms with van der Waals surface area (Å²) in [7, 11) is 9.46. The lowest BCUT2D eigenvalue weighted by Gasteiger charge is -2.21. The minimum atomic E-state index is -1.18. The molecule has 99 heavy (non-hydrogen) atoms. The van der Waals surface area contributed by atoms with Gasteiger partial charge in [0, 0.05) is 87.7 Å². The van der Waals surface area contributed by atoms with Crippen LogP contribution in [-0.2, 0) is 65.8 Å². The Balaban J connectivity index is 1.06. The molecule has 0 aliphatic carbocycles. The van der Waals surface area contributed by atoms with Gasteiger partial charge in [0.15, 0.2) is 19.8 Å². The van der Waals surface area contributed by atoms with Crippen LogP contribution in [0.1, 0.15) is 97.2 Å². The van der Waals surface area contributed by atoms with Crippen molar-refractivity contribution in [1.82, 2.24) is 0 Å². The zero-order chi connectivity index (χ0) is 70.0. The first-order valence-electron chi connectivity index (χ1n) is 32.8. The minimum Gasteiger partial charge on any atom is -0.497 e. The van der Waals surface area contributed by atoms with Gasteiger partial charge in [0.1, 0.15) is 69.0 Å². The van der Waals surface area contributed by atoms with Gasteiger partial charge in [0.05, 0.1) is 62.5 Å². The van der Waals surface area contributed by atoms with Gasteiger partial charge in [-0.05, 0) is 147 Å². The second-order valence-corrected chi connectivity index (χ2v) is 23.7.